The fourth-order valence-corrected chi connectivity index (χ4v) is 4.89. The van der Waals surface area contributed by atoms with Gasteiger partial charge in [0.1, 0.15) is 12.4 Å². The molecule has 0 aromatic heterocycles. The van der Waals surface area contributed by atoms with E-state index >= 15 is 0 Å². The molecule has 0 N–H and O–H groups in total. The second-order valence-electron chi connectivity index (χ2n) is 9.71. The largest absolute Gasteiger partial charge is 0.489 e. The molecule has 33 heavy (non-hydrogen) atoms. The third-order valence-electron chi connectivity index (χ3n) is 6.94. The maximum atomic E-state index is 13.4. The second-order valence-corrected chi connectivity index (χ2v) is 9.71. The van der Waals surface area contributed by atoms with Gasteiger partial charge in [0.05, 0.1) is 0 Å². The van der Waals surface area contributed by atoms with Crippen LogP contribution in [0.3, 0.4) is 0 Å². The number of ether oxygens (including phenoxy) is 1. The molecule has 2 aromatic rings. The van der Waals surface area contributed by atoms with E-state index in [4.69, 9.17) is 4.74 Å². The molecule has 2 fully saturated rings. The van der Waals surface area contributed by atoms with Crippen LogP contribution in [0.5, 0.6) is 5.75 Å². The topological polar surface area (TPSA) is 36.0 Å². The van der Waals surface area contributed by atoms with E-state index in [1.807, 2.05) is 35.2 Å². The molecule has 0 atom stereocenters. The average Bonchev–Trinajstić information content (AvgIpc) is 3.11. The Bertz CT molecular complexity index is 893. The first-order valence-electron chi connectivity index (χ1n) is 12.7. The van der Waals surface area contributed by atoms with E-state index in [1.165, 1.54) is 24.8 Å². The lowest BCUT2D eigenvalue weighted by atomic mass is 10.1. The van der Waals surface area contributed by atoms with Crippen LogP contribution in [0, 0.1) is 0 Å². The van der Waals surface area contributed by atoms with Crippen LogP contribution in [0.25, 0.3) is 0 Å². The summed E-state index contributed by atoms with van der Waals surface area (Å²) in [7, 11) is 0. The summed E-state index contributed by atoms with van der Waals surface area (Å²) in [5.74, 6) is 0.962. The number of carbonyl (C=O) groups is 1. The normalized spacial score (nSPS) is 18.3. The van der Waals surface area contributed by atoms with Crippen molar-refractivity contribution in [3.8, 4) is 5.75 Å². The molecule has 178 valence electrons. The number of hydrogen-bond acceptors (Lipinski definition) is 4. The third-order valence-corrected chi connectivity index (χ3v) is 6.94. The van der Waals surface area contributed by atoms with Crippen molar-refractivity contribution in [2.24, 2.45) is 0 Å². The van der Waals surface area contributed by atoms with Crippen LogP contribution in [0.2, 0.25) is 0 Å². The molecule has 2 aliphatic rings. The Morgan fingerprint density at radius 3 is 2.42 bits per heavy atom. The van der Waals surface area contributed by atoms with Gasteiger partial charge in [0, 0.05) is 49.9 Å². The molecule has 0 spiro atoms. The highest BCUT2D eigenvalue weighted by Crippen LogP contribution is 2.26. The number of nitrogens with zero attached hydrogens (tertiary/aromatic N) is 3. The predicted molar refractivity (Wildman–Crippen MR) is 134 cm³/mol. The summed E-state index contributed by atoms with van der Waals surface area (Å²) in [4.78, 5) is 20.4. The number of hydrogen-bond donors (Lipinski definition) is 0. The molecule has 1 amide bonds. The first kappa shape index (κ1) is 23.8. The zero-order valence-electron chi connectivity index (χ0n) is 20.3. The van der Waals surface area contributed by atoms with Crippen LogP contribution in [0.15, 0.2) is 48.5 Å². The Labute approximate surface area is 199 Å². The number of amides is 1. The van der Waals surface area contributed by atoms with Crippen molar-refractivity contribution in [2.75, 3.05) is 39.3 Å². The van der Waals surface area contributed by atoms with Crippen molar-refractivity contribution in [2.45, 2.75) is 58.7 Å². The highest BCUT2D eigenvalue weighted by atomic mass is 16.5. The van der Waals surface area contributed by atoms with Gasteiger partial charge < -0.3 is 9.64 Å². The fraction of sp³-hybridized carbons (Fsp3) is 0.536. The van der Waals surface area contributed by atoms with Crippen molar-refractivity contribution in [3.63, 3.8) is 0 Å². The average molecular weight is 450 g/mol. The SMILES string of the molecule is CC(C)N1CCCN(C(=O)c2ccc(CN3CCCCC3)c(OCc3ccccc3)c2)CC1. The Balaban J connectivity index is 1.50. The van der Waals surface area contributed by atoms with Gasteiger partial charge >= 0.3 is 0 Å². The summed E-state index contributed by atoms with van der Waals surface area (Å²) in [6.07, 6.45) is 4.87. The van der Waals surface area contributed by atoms with Crippen LogP contribution in [-0.4, -0.2) is 65.9 Å². The molecule has 4 rings (SSSR count). The van der Waals surface area contributed by atoms with Crippen LogP contribution in [0.4, 0.5) is 0 Å². The van der Waals surface area contributed by atoms with Gasteiger partial charge in [-0.15, -0.1) is 0 Å². The van der Waals surface area contributed by atoms with E-state index in [0.29, 0.717) is 12.6 Å². The molecular formula is C28H39N3O2. The van der Waals surface area contributed by atoms with Gasteiger partial charge in [0.15, 0.2) is 0 Å². The van der Waals surface area contributed by atoms with E-state index in [0.717, 1.165) is 69.1 Å². The van der Waals surface area contributed by atoms with Crippen molar-refractivity contribution < 1.29 is 9.53 Å². The monoisotopic (exact) mass is 449 g/mol. The molecule has 0 saturated carbocycles. The zero-order chi connectivity index (χ0) is 23.0. The van der Waals surface area contributed by atoms with Crippen molar-refractivity contribution >= 4 is 5.91 Å². The van der Waals surface area contributed by atoms with Gasteiger partial charge in [-0.3, -0.25) is 14.6 Å². The first-order chi connectivity index (χ1) is 16.1. The molecule has 0 radical (unpaired) electrons. The molecule has 5 nitrogen and oxygen atoms in total. The maximum Gasteiger partial charge on any atom is 0.254 e. The summed E-state index contributed by atoms with van der Waals surface area (Å²) in [6, 6.07) is 16.9. The number of piperidine rings is 1. The lowest BCUT2D eigenvalue weighted by molar-refractivity contribution is 0.0758. The number of benzene rings is 2. The van der Waals surface area contributed by atoms with Gasteiger partial charge in [-0.25, -0.2) is 0 Å². The number of carbonyl (C=O) groups excluding carboxylic acids is 1. The smallest absolute Gasteiger partial charge is 0.254 e. The highest BCUT2D eigenvalue weighted by molar-refractivity contribution is 5.94. The summed E-state index contributed by atoms with van der Waals surface area (Å²) >= 11 is 0. The zero-order valence-corrected chi connectivity index (χ0v) is 20.3. The van der Waals surface area contributed by atoms with Gasteiger partial charge in [-0.05, 0) is 63.9 Å². The molecule has 0 bridgehead atoms. The van der Waals surface area contributed by atoms with Crippen LogP contribution >= 0.6 is 0 Å². The lowest BCUT2D eigenvalue weighted by Crippen LogP contribution is -2.37. The van der Waals surface area contributed by atoms with Gasteiger partial charge in [-0.1, -0.05) is 42.8 Å². The standard InChI is InChI=1S/C28H39N3O2/c1-23(2)30-16-9-17-31(19-18-30)28(32)25-12-13-26(21-29-14-7-4-8-15-29)27(20-25)33-22-24-10-5-3-6-11-24/h3,5-6,10-13,20,23H,4,7-9,14-19,21-22H2,1-2H3. The Morgan fingerprint density at radius 2 is 1.67 bits per heavy atom. The van der Waals surface area contributed by atoms with Gasteiger partial charge in [-0.2, -0.15) is 0 Å². The summed E-state index contributed by atoms with van der Waals surface area (Å²) in [5, 5.41) is 0. The van der Waals surface area contributed by atoms with Gasteiger partial charge in [0.25, 0.3) is 5.91 Å². The molecule has 0 unspecified atom stereocenters. The lowest BCUT2D eigenvalue weighted by Gasteiger charge is -2.27. The Kier molecular flexibility index (Phi) is 8.40. The van der Waals surface area contributed by atoms with Crippen LogP contribution in [-0.2, 0) is 13.2 Å². The Morgan fingerprint density at radius 1 is 0.879 bits per heavy atom. The molecular weight excluding hydrogens is 410 g/mol. The molecule has 2 heterocycles. The van der Waals surface area contributed by atoms with E-state index in [9.17, 15) is 4.79 Å². The molecule has 2 aromatic carbocycles. The van der Waals surface area contributed by atoms with Gasteiger partial charge in [0.2, 0.25) is 0 Å². The van der Waals surface area contributed by atoms with Crippen LogP contribution < -0.4 is 4.74 Å². The summed E-state index contributed by atoms with van der Waals surface area (Å²) in [5.41, 5.74) is 3.05. The van der Waals surface area contributed by atoms with E-state index in [1.54, 1.807) is 0 Å². The minimum atomic E-state index is 0.120. The minimum absolute atomic E-state index is 0.120. The molecule has 2 saturated heterocycles. The van der Waals surface area contributed by atoms with Crippen LogP contribution in [0.1, 0.15) is 61.0 Å². The first-order valence-corrected chi connectivity index (χ1v) is 12.7. The summed E-state index contributed by atoms with van der Waals surface area (Å²) in [6.45, 7) is 11.7. The maximum absolute atomic E-state index is 13.4. The van der Waals surface area contributed by atoms with E-state index in [-0.39, 0.29) is 5.91 Å². The molecule has 5 heteroatoms. The predicted octanol–water partition coefficient (Wildman–Crippen LogP) is 4.81. The highest BCUT2D eigenvalue weighted by Gasteiger charge is 2.23. The quantitative estimate of drug-likeness (QED) is 0.608. The fourth-order valence-electron chi connectivity index (χ4n) is 4.89. The second kappa shape index (κ2) is 11.7. The molecule has 2 aliphatic heterocycles. The summed E-state index contributed by atoms with van der Waals surface area (Å²) < 4.78 is 6.31. The minimum Gasteiger partial charge on any atom is -0.489 e. The number of rotatable bonds is 7. The number of likely N-dealkylation sites (tertiary alicyclic amines) is 1. The Hall–Kier alpha value is -2.37. The van der Waals surface area contributed by atoms with E-state index in [2.05, 4.69) is 41.8 Å². The van der Waals surface area contributed by atoms with Crippen molar-refractivity contribution in [1.29, 1.82) is 0 Å². The third kappa shape index (κ3) is 6.58. The van der Waals surface area contributed by atoms with Crippen molar-refractivity contribution in [1.82, 2.24) is 14.7 Å². The van der Waals surface area contributed by atoms with Crippen molar-refractivity contribution in [3.05, 3.63) is 65.2 Å². The van der Waals surface area contributed by atoms with E-state index < -0.39 is 0 Å². The molecule has 0 aliphatic carbocycles.